The first kappa shape index (κ1) is 17.5. The molecule has 1 aromatic carbocycles. The third kappa shape index (κ3) is 3.91. The van der Waals surface area contributed by atoms with Crippen LogP contribution in [-0.2, 0) is 11.3 Å². The molecule has 0 aliphatic heterocycles. The van der Waals surface area contributed by atoms with Crippen molar-refractivity contribution < 1.29 is 4.79 Å². The highest BCUT2D eigenvalue weighted by Crippen LogP contribution is 2.24. The Morgan fingerprint density at radius 3 is 2.71 bits per heavy atom. The van der Waals surface area contributed by atoms with Crippen molar-refractivity contribution >= 4 is 17.5 Å². The molecule has 0 bridgehead atoms. The Kier molecular flexibility index (Phi) is 5.93. The summed E-state index contributed by atoms with van der Waals surface area (Å²) in [5.74, 6) is 0.454. The number of aromatic nitrogens is 3. The second-order valence-corrected chi connectivity index (χ2v) is 5.90. The SMILES string of the molecule is C=CCn1c(SCC(=O)/C(C#N)=C(\C)N)nnc1-c1ccccc1. The molecule has 0 radical (unpaired) electrons. The Balaban J connectivity index is 2.24. The highest BCUT2D eigenvalue weighted by molar-refractivity contribution is 7.99. The Hall–Kier alpha value is -2.85. The maximum atomic E-state index is 12.1. The molecule has 0 aliphatic carbocycles. The van der Waals surface area contributed by atoms with Gasteiger partial charge < -0.3 is 5.73 Å². The predicted octanol–water partition coefficient (Wildman–Crippen LogP) is 2.55. The smallest absolute Gasteiger partial charge is 0.192 e. The summed E-state index contributed by atoms with van der Waals surface area (Å²) in [5.41, 5.74) is 6.70. The molecule has 2 aromatic rings. The zero-order valence-corrected chi connectivity index (χ0v) is 14.1. The number of hydrogen-bond donors (Lipinski definition) is 1. The summed E-state index contributed by atoms with van der Waals surface area (Å²) in [4.78, 5) is 12.1. The van der Waals surface area contributed by atoms with Gasteiger partial charge in [-0.15, -0.1) is 16.8 Å². The summed E-state index contributed by atoms with van der Waals surface area (Å²) >= 11 is 1.22. The molecule has 2 rings (SSSR count). The van der Waals surface area contributed by atoms with E-state index in [9.17, 15) is 4.79 Å². The number of carbonyl (C=O) groups is 1. The van der Waals surface area contributed by atoms with E-state index in [4.69, 9.17) is 11.0 Å². The molecule has 0 fully saturated rings. The Morgan fingerprint density at radius 2 is 2.12 bits per heavy atom. The van der Waals surface area contributed by atoms with E-state index in [0.29, 0.717) is 17.5 Å². The van der Waals surface area contributed by atoms with Gasteiger partial charge in [0.05, 0.1) is 5.75 Å². The summed E-state index contributed by atoms with van der Waals surface area (Å²) in [5, 5.41) is 18.0. The summed E-state index contributed by atoms with van der Waals surface area (Å²) in [7, 11) is 0. The van der Waals surface area contributed by atoms with Gasteiger partial charge in [-0.2, -0.15) is 5.26 Å². The van der Waals surface area contributed by atoms with Crippen LogP contribution in [0.5, 0.6) is 0 Å². The van der Waals surface area contributed by atoms with Gasteiger partial charge in [-0.1, -0.05) is 48.2 Å². The average molecular weight is 339 g/mol. The lowest BCUT2D eigenvalue weighted by Gasteiger charge is -2.07. The van der Waals surface area contributed by atoms with Crippen molar-refractivity contribution in [1.29, 1.82) is 5.26 Å². The van der Waals surface area contributed by atoms with Crippen molar-refractivity contribution in [3.8, 4) is 17.5 Å². The van der Waals surface area contributed by atoms with E-state index in [-0.39, 0.29) is 22.8 Å². The standard InChI is InChI=1S/C17H17N5OS/c1-3-9-22-16(13-7-5-4-6-8-13)20-21-17(22)24-11-15(23)14(10-18)12(2)19/h3-8H,1,9,11,19H2,2H3/b14-12+. The third-order valence-electron chi connectivity index (χ3n) is 3.18. The highest BCUT2D eigenvalue weighted by atomic mass is 32.2. The molecule has 0 atom stereocenters. The maximum Gasteiger partial charge on any atom is 0.192 e. The molecule has 0 saturated heterocycles. The van der Waals surface area contributed by atoms with Crippen molar-refractivity contribution in [2.24, 2.45) is 5.73 Å². The largest absolute Gasteiger partial charge is 0.401 e. The van der Waals surface area contributed by atoms with Gasteiger partial charge in [-0.25, -0.2) is 0 Å². The van der Waals surface area contributed by atoms with E-state index in [1.165, 1.54) is 18.7 Å². The first-order valence-electron chi connectivity index (χ1n) is 7.20. The molecule has 24 heavy (non-hydrogen) atoms. The highest BCUT2D eigenvalue weighted by Gasteiger charge is 2.17. The van der Waals surface area contributed by atoms with Crippen LogP contribution in [0.1, 0.15) is 6.92 Å². The van der Waals surface area contributed by atoms with Gasteiger partial charge in [0.25, 0.3) is 0 Å². The number of ketones is 1. The summed E-state index contributed by atoms with van der Waals surface area (Å²) in [6, 6.07) is 11.5. The van der Waals surface area contributed by atoms with Crippen LogP contribution in [0.2, 0.25) is 0 Å². The zero-order valence-electron chi connectivity index (χ0n) is 13.3. The van der Waals surface area contributed by atoms with Gasteiger partial charge in [-0.05, 0) is 6.92 Å². The molecule has 6 nitrogen and oxygen atoms in total. The van der Waals surface area contributed by atoms with Crippen LogP contribution < -0.4 is 5.73 Å². The molecular formula is C17H17N5OS. The van der Waals surface area contributed by atoms with E-state index in [2.05, 4.69) is 16.8 Å². The molecule has 0 aliphatic rings. The van der Waals surface area contributed by atoms with Crippen LogP contribution in [-0.4, -0.2) is 26.3 Å². The Bertz CT molecular complexity index is 813. The number of rotatable bonds is 7. The third-order valence-corrected chi connectivity index (χ3v) is 4.14. The lowest BCUT2D eigenvalue weighted by atomic mass is 10.2. The fraction of sp³-hybridized carbons (Fsp3) is 0.176. The van der Waals surface area contributed by atoms with Gasteiger partial charge in [0.15, 0.2) is 16.8 Å². The zero-order chi connectivity index (χ0) is 17.5. The number of benzene rings is 1. The Morgan fingerprint density at radius 1 is 1.42 bits per heavy atom. The number of nitrogens with zero attached hydrogens (tertiary/aromatic N) is 4. The number of nitrogens with two attached hydrogens (primary N) is 1. The van der Waals surface area contributed by atoms with Gasteiger partial charge in [0.1, 0.15) is 11.6 Å². The van der Waals surface area contributed by atoms with Gasteiger partial charge >= 0.3 is 0 Å². The number of Topliss-reactive ketones (excluding diaryl/α,β-unsaturated/α-hetero) is 1. The molecule has 0 spiro atoms. The molecule has 1 aromatic heterocycles. The van der Waals surface area contributed by atoms with E-state index >= 15 is 0 Å². The fourth-order valence-electron chi connectivity index (χ4n) is 2.06. The van der Waals surface area contributed by atoms with Crippen molar-refractivity contribution in [3.05, 3.63) is 54.3 Å². The molecule has 1 heterocycles. The lowest BCUT2D eigenvalue weighted by molar-refractivity contribution is -0.112. The Labute approximate surface area is 144 Å². The summed E-state index contributed by atoms with van der Waals surface area (Å²) in [6.07, 6.45) is 1.74. The van der Waals surface area contributed by atoms with Crippen LogP contribution in [0, 0.1) is 11.3 Å². The predicted molar refractivity (Wildman–Crippen MR) is 93.9 cm³/mol. The van der Waals surface area contributed by atoms with Crippen molar-refractivity contribution in [2.75, 3.05) is 5.75 Å². The second kappa shape index (κ2) is 8.13. The number of thioether (sulfide) groups is 1. The first-order chi connectivity index (χ1) is 11.6. The van der Waals surface area contributed by atoms with Gasteiger partial charge in [0, 0.05) is 17.8 Å². The monoisotopic (exact) mass is 339 g/mol. The molecule has 7 heteroatoms. The molecular weight excluding hydrogens is 322 g/mol. The summed E-state index contributed by atoms with van der Waals surface area (Å²) < 4.78 is 1.88. The quantitative estimate of drug-likeness (QED) is 0.360. The average Bonchev–Trinajstić information content (AvgIpc) is 2.97. The number of allylic oxidation sites excluding steroid dienone is 3. The van der Waals surface area contributed by atoms with E-state index in [0.717, 1.165) is 5.56 Å². The van der Waals surface area contributed by atoms with Crippen molar-refractivity contribution in [3.63, 3.8) is 0 Å². The minimum atomic E-state index is -0.322. The normalized spacial score (nSPS) is 11.5. The van der Waals surface area contributed by atoms with Crippen LogP contribution >= 0.6 is 11.8 Å². The van der Waals surface area contributed by atoms with E-state index < -0.39 is 0 Å². The number of carbonyl (C=O) groups excluding carboxylic acids is 1. The fourth-order valence-corrected chi connectivity index (χ4v) is 2.88. The lowest BCUT2D eigenvalue weighted by Crippen LogP contribution is -2.11. The van der Waals surface area contributed by atoms with Crippen LogP contribution in [0.15, 0.2) is 59.4 Å². The molecule has 0 saturated carbocycles. The van der Waals surface area contributed by atoms with Crippen molar-refractivity contribution in [1.82, 2.24) is 14.8 Å². The second-order valence-electron chi connectivity index (χ2n) is 4.95. The van der Waals surface area contributed by atoms with E-state index in [1.807, 2.05) is 41.0 Å². The number of hydrogen-bond acceptors (Lipinski definition) is 6. The minimum Gasteiger partial charge on any atom is -0.401 e. The maximum absolute atomic E-state index is 12.1. The van der Waals surface area contributed by atoms with Gasteiger partial charge in [0.2, 0.25) is 0 Å². The summed E-state index contributed by atoms with van der Waals surface area (Å²) in [6.45, 7) is 5.81. The molecule has 0 unspecified atom stereocenters. The van der Waals surface area contributed by atoms with Gasteiger partial charge in [-0.3, -0.25) is 9.36 Å². The van der Waals surface area contributed by atoms with E-state index in [1.54, 1.807) is 6.08 Å². The molecule has 2 N–H and O–H groups in total. The minimum absolute atomic E-state index is 0.0134. The number of nitriles is 1. The van der Waals surface area contributed by atoms with Crippen molar-refractivity contribution in [2.45, 2.75) is 18.6 Å². The first-order valence-corrected chi connectivity index (χ1v) is 8.19. The molecule has 122 valence electrons. The van der Waals surface area contributed by atoms with Crippen LogP contribution in [0.3, 0.4) is 0 Å². The van der Waals surface area contributed by atoms with Crippen LogP contribution in [0.25, 0.3) is 11.4 Å². The van der Waals surface area contributed by atoms with Crippen LogP contribution in [0.4, 0.5) is 0 Å². The topological polar surface area (TPSA) is 97.6 Å². The molecule has 0 amide bonds.